The molecule has 4 heteroatoms. The van der Waals surface area contributed by atoms with E-state index in [4.69, 9.17) is 5.26 Å². The molecule has 0 aliphatic heterocycles. The molecule has 2 aromatic rings. The number of hydrogen-bond acceptors (Lipinski definition) is 3. The second kappa shape index (κ2) is 5.77. The van der Waals surface area contributed by atoms with Crippen molar-refractivity contribution >= 4 is 33.0 Å². The molecule has 2 nitrogen and oxygen atoms in total. The van der Waals surface area contributed by atoms with E-state index in [-0.39, 0.29) is 6.04 Å². The van der Waals surface area contributed by atoms with Crippen LogP contribution in [0.15, 0.2) is 28.7 Å². The van der Waals surface area contributed by atoms with E-state index in [0.29, 0.717) is 5.56 Å². The maximum absolute atomic E-state index is 8.99. The van der Waals surface area contributed by atoms with Crippen LogP contribution >= 0.6 is 27.3 Å². The van der Waals surface area contributed by atoms with E-state index in [0.717, 1.165) is 10.2 Å². The van der Waals surface area contributed by atoms with Crippen molar-refractivity contribution in [3.8, 4) is 6.07 Å². The van der Waals surface area contributed by atoms with Gasteiger partial charge in [-0.2, -0.15) is 5.26 Å². The number of nitrogens with one attached hydrogen (secondary N) is 1. The maximum atomic E-state index is 8.99. The molecule has 0 spiro atoms. The van der Waals surface area contributed by atoms with Gasteiger partial charge in [0.1, 0.15) is 0 Å². The van der Waals surface area contributed by atoms with Crippen LogP contribution in [0.5, 0.6) is 0 Å². The Morgan fingerprint density at radius 1 is 1.26 bits per heavy atom. The van der Waals surface area contributed by atoms with Gasteiger partial charge in [0.2, 0.25) is 0 Å². The highest BCUT2D eigenvalue weighted by atomic mass is 79.9. The molecule has 1 aromatic carbocycles. The average Bonchev–Trinajstić information content (AvgIpc) is 2.67. The number of thiophene rings is 1. The van der Waals surface area contributed by atoms with E-state index >= 15 is 0 Å². The molecular formula is C15H15BrN2S. The van der Waals surface area contributed by atoms with Crippen LogP contribution < -0.4 is 5.32 Å². The van der Waals surface area contributed by atoms with E-state index in [1.165, 1.54) is 15.3 Å². The van der Waals surface area contributed by atoms with Crippen LogP contribution in [0.4, 0.5) is 5.69 Å². The van der Waals surface area contributed by atoms with Gasteiger partial charge in [0.15, 0.2) is 0 Å². The highest BCUT2D eigenvalue weighted by molar-refractivity contribution is 9.10. The average molecular weight is 335 g/mol. The molecule has 0 amide bonds. The second-order valence-electron chi connectivity index (χ2n) is 4.57. The monoisotopic (exact) mass is 334 g/mol. The summed E-state index contributed by atoms with van der Waals surface area (Å²) in [6.45, 7) is 6.41. The first-order valence-corrected chi connectivity index (χ1v) is 7.64. The molecule has 1 N–H and O–H groups in total. The van der Waals surface area contributed by atoms with Crippen molar-refractivity contribution in [2.75, 3.05) is 5.32 Å². The zero-order chi connectivity index (χ0) is 14.0. The summed E-state index contributed by atoms with van der Waals surface area (Å²) in [5.74, 6) is 0. The van der Waals surface area contributed by atoms with E-state index in [1.807, 2.05) is 29.5 Å². The predicted octanol–water partition coefficient (Wildman–Crippen LogP) is 5.17. The SMILES string of the molecule is Cc1cc(C(C)Nc2cc(Br)cc(C#N)c2)c(C)s1. The van der Waals surface area contributed by atoms with Crippen molar-refractivity contribution < 1.29 is 0 Å². The maximum Gasteiger partial charge on any atom is 0.0992 e. The minimum atomic E-state index is 0.228. The van der Waals surface area contributed by atoms with Crippen molar-refractivity contribution in [3.05, 3.63) is 49.6 Å². The lowest BCUT2D eigenvalue weighted by atomic mass is 10.1. The summed E-state index contributed by atoms with van der Waals surface area (Å²) < 4.78 is 0.916. The number of nitrogens with zero attached hydrogens (tertiary/aromatic N) is 1. The van der Waals surface area contributed by atoms with E-state index in [1.54, 1.807) is 0 Å². The number of hydrogen-bond donors (Lipinski definition) is 1. The number of nitriles is 1. The fourth-order valence-corrected chi connectivity index (χ4v) is 3.66. The first kappa shape index (κ1) is 14.1. The number of aryl methyl sites for hydroxylation is 2. The molecule has 1 aromatic heterocycles. The third-order valence-corrected chi connectivity index (χ3v) is 4.40. The zero-order valence-corrected chi connectivity index (χ0v) is 13.5. The van der Waals surface area contributed by atoms with E-state index in [9.17, 15) is 0 Å². The fraction of sp³-hybridized carbons (Fsp3) is 0.267. The Labute approximate surface area is 126 Å². The van der Waals surface area contributed by atoms with Crippen LogP contribution in [0.1, 0.15) is 33.8 Å². The Bertz CT molecular complexity index is 640. The highest BCUT2D eigenvalue weighted by Crippen LogP contribution is 2.29. The number of benzene rings is 1. The van der Waals surface area contributed by atoms with Crippen molar-refractivity contribution in [2.45, 2.75) is 26.8 Å². The third kappa shape index (κ3) is 3.37. The molecule has 1 heterocycles. The van der Waals surface area contributed by atoms with Gasteiger partial charge in [-0.25, -0.2) is 0 Å². The molecule has 2 rings (SSSR count). The van der Waals surface area contributed by atoms with Crippen LogP contribution in [-0.4, -0.2) is 0 Å². The van der Waals surface area contributed by atoms with Crippen molar-refractivity contribution in [2.24, 2.45) is 0 Å². The Hall–Kier alpha value is -1.31. The number of halogens is 1. The second-order valence-corrected chi connectivity index (χ2v) is 6.95. The molecule has 0 saturated carbocycles. The summed E-state index contributed by atoms with van der Waals surface area (Å²) in [6.07, 6.45) is 0. The van der Waals surface area contributed by atoms with Crippen LogP contribution in [0.2, 0.25) is 0 Å². The van der Waals surface area contributed by atoms with Crippen LogP contribution in [0.3, 0.4) is 0 Å². The zero-order valence-electron chi connectivity index (χ0n) is 11.1. The summed E-state index contributed by atoms with van der Waals surface area (Å²) in [4.78, 5) is 2.67. The van der Waals surface area contributed by atoms with Gasteiger partial charge in [0.25, 0.3) is 0 Å². The topological polar surface area (TPSA) is 35.8 Å². The lowest BCUT2D eigenvalue weighted by molar-refractivity contribution is 0.881. The smallest absolute Gasteiger partial charge is 0.0992 e. The van der Waals surface area contributed by atoms with Gasteiger partial charge in [0, 0.05) is 26.0 Å². The molecule has 0 saturated heterocycles. The van der Waals surface area contributed by atoms with Crippen molar-refractivity contribution in [1.82, 2.24) is 0 Å². The Balaban J connectivity index is 2.24. The molecular weight excluding hydrogens is 320 g/mol. The lowest BCUT2D eigenvalue weighted by Gasteiger charge is -2.16. The molecule has 0 fully saturated rings. The third-order valence-electron chi connectivity index (χ3n) is 2.96. The number of anilines is 1. The van der Waals surface area contributed by atoms with Gasteiger partial charge in [-0.1, -0.05) is 15.9 Å². The Morgan fingerprint density at radius 3 is 2.58 bits per heavy atom. The van der Waals surface area contributed by atoms with Crippen molar-refractivity contribution in [1.29, 1.82) is 5.26 Å². The Morgan fingerprint density at radius 2 is 2.00 bits per heavy atom. The van der Waals surface area contributed by atoms with E-state index in [2.05, 4.69) is 54.2 Å². The molecule has 1 atom stereocenters. The molecule has 0 aliphatic rings. The van der Waals surface area contributed by atoms with Gasteiger partial charge in [-0.3, -0.25) is 0 Å². The van der Waals surface area contributed by atoms with Crippen LogP contribution in [0, 0.1) is 25.2 Å². The molecule has 1 unspecified atom stereocenters. The minimum Gasteiger partial charge on any atom is -0.378 e. The minimum absolute atomic E-state index is 0.228. The van der Waals surface area contributed by atoms with Gasteiger partial charge < -0.3 is 5.32 Å². The van der Waals surface area contributed by atoms with Crippen LogP contribution in [-0.2, 0) is 0 Å². The van der Waals surface area contributed by atoms with Gasteiger partial charge in [-0.15, -0.1) is 11.3 Å². The van der Waals surface area contributed by atoms with Crippen molar-refractivity contribution in [3.63, 3.8) is 0 Å². The summed E-state index contributed by atoms with van der Waals surface area (Å²) in [5.41, 5.74) is 2.94. The molecule has 0 bridgehead atoms. The first-order valence-electron chi connectivity index (χ1n) is 6.03. The fourth-order valence-electron chi connectivity index (χ4n) is 2.15. The largest absolute Gasteiger partial charge is 0.378 e. The van der Waals surface area contributed by atoms with Crippen LogP contribution in [0.25, 0.3) is 0 Å². The molecule has 0 radical (unpaired) electrons. The molecule has 19 heavy (non-hydrogen) atoms. The summed E-state index contributed by atoms with van der Waals surface area (Å²) in [5, 5.41) is 12.4. The standard InChI is InChI=1S/C15H15BrN2S/c1-9-4-15(11(3)19-9)10(2)18-14-6-12(8-17)5-13(16)7-14/h4-7,10,18H,1-3H3. The predicted molar refractivity (Wildman–Crippen MR) is 84.7 cm³/mol. The molecule has 98 valence electrons. The first-order chi connectivity index (χ1) is 8.99. The normalized spacial score (nSPS) is 11.9. The Kier molecular flexibility index (Phi) is 4.28. The van der Waals surface area contributed by atoms with E-state index < -0.39 is 0 Å². The van der Waals surface area contributed by atoms with Gasteiger partial charge in [-0.05, 0) is 50.6 Å². The summed E-state index contributed by atoms with van der Waals surface area (Å²) in [6, 6.07) is 10.3. The van der Waals surface area contributed by atoms with Gasteiger partial charge >= 0.3 is 0 Å². The highest BCUT2D eigenvalue weighted by Gasteiger charge is 2.11. The molecule has 0 aliphatic carbocycles. The summed E-state index contributed by atoms with van der Waals surface area (Å²) >= 11 is 5.25. The quantitative estimate of drug-likeness (QED) is 0.840. The number of rotatable bonds is 3. The summed E-state index contributed by atoms with van der Waals surface area (Å²) in [7, 11) is 0. The lowest BCUT2D eigenvalue weighted by Crippen LogP contribution is -2.06. The van der Waals surface area contributed by atoms with Gasteiger partial charge in [0.05, 0.1) is 11.6 Å².